The third kappa shape index (κ3) is 3.54. The van der Waals surface area contributed by atoms with Crippen molar-refractivity contribution in [3.05, 3.63) is 73.1 Å². The zero-order valence-corrected chi connectivity index (χ0v) is 15.6. The standard InChI is InChI=1S/C22H22N4O2/c1-2-16(15-27)25-21-12-13-23-22-19(14-24-26(21)22)18-10-6-7-11-20(18)28-17-8-4-3-5-9-17/h3-14,16,25,27H,2,15H2,1H3. The van der Waals surface area contributed by atoms with Crippen molar-refractivity contribution in [1.82, 2.24) is 14.6 Å². The fraction of sp³-hybridized carbons (Fsp3) is 0.182. The molecule has 0 aliphatic heterocycles. The molecule has 0 amide bonds. The first-order chi connectivity index (χ1) is 13.8. The average Bonchev–Trinajstić information content (AvgIpc) is 3.18. The minimum atomic E-state index is -0.0352. The van der Waals surface area contributed by atoms with Crippen LogP contribution in [-0.2, 0) is 0 Å². The molecule has 1 atom stereocenters. The minimum Gasteiger partial charge on any atom is -0.457 e. The van der Waals surface area contributed by atoms with Crippen molar-refractivity contribution < 1.29 is 9.84 Å². The van der Waals surface area contributed by atoms with Gasteiger partial charge in [0.25, 0.3) is 0 Å². The number of aliphatic hydroxyl groups excluding tert-OH is 1. The number of benzene rings is 2. The Bertz CT molecular complexity index is 1060. The Balaban J connectivity index is 1.75. The third-order valence-corrected chi connectivity index (χ3v) is 4.61. The molecule has 1 unspecified atom stereocenters. The summed E-state index contributed by atoms with van der Waals surface area (Å²) in [5.74, 6) is 2.31. The van der Waals surface area contributed by atoms with E-state index in [0.717, 1.165) is 40.5 Å². The van der Waals surface area contributed by atoms with Gasteiger partial charge in [-0.3, -0.25) is 0 Å². The first-order valence-electron chi connectivity index (χ1n) is 9.32. The number of aliphatic hydroxyl groups is 1. The molecule has 0 spiro atoms. The summed E-state index contributed by atoms with van der Waals surface area (Å²) in [4.78, 5) is 4.53. The summed E-state index contributed by atoms with van der Waals surface area (Å²) in [6, 6.07) is 19.4. The minimum absolute atomic E-state index is 0.0352. The maximum absolute atomic E-state index is 9.49. The lowest BCUT2D eigenvalue weighted by Crippen LogP contribution is -2.24. The molecule has 2 N–H and O–H groups in total. The highest BCUT2D eigenvalue weighted by Gasteiger charge is 2.16. The first kappa shape index (κ1) is 18.0. The monoisotopic (exact) mass is 374 g/mol. The largest absolute Gasteiger partial charge is 0.457 e. The molecular weight excluding hydrogens is 352 g/mol. The number of para-hydroxylation sites is 2. The van der Waals surface area contributed by atoms with Crippen LogP contribution in [0.4, 0.5) is 5.82 Å². The predicted molar refractivity (Wildman–Crippen MR) is 110 cm³/mol. The molecule has 2 aromatic carbocycles. The van der Waals surface area contributed by atoms with E-state index < -0.39 is 0 Å². The highest BCUT2D eigenvalue weighted by Crippen LogP contribution is 2.35. The Kier molecular flexibility index (Phi) is 5.21. The third-order valence-electron chi connectivity index (χ3n) is 4.61. The van der Waals surface area contributed by atoms with Crippen LogP contribution in [-0.4, -0.2) is 32.4 Å². The summed E-state index contributed by atoms with van der Waals surface area (Å²) >= 11 is 0. The molecule has 2 aromatic heterocycles. The number of ether oxygens (including phenoxy) is 1. The van der Waals surface area contributed by atoms with Crippen molar-refractivity contribution in [3.63, 3.8) is 0 Å². The van der Waals surface area contributed by atoms with Crippen molar-refractivity contribution >= 4 is 11.5 Å². The summed E-state index contributed by atoms with van der Waals surface area (Å²) < 4.78 is 7.86. The molecular formula is C22H22N4O2. The molecule has 6 heteroatoms. The maximum Gasteiger partial charge on any atom is 0.165 e. The Morgan fingerprint density at radius 3 is 2.61 bits per heavy atom. The second-order valence-corrected chi connectivity index (χ2v) is 6.47. The van der Waals surface area contributed by atoms with Crippen LogP contribution in [0.15, 0.2) is 73.1 Å². The highest BCUT2D eigenvalue weighted by atomic mass is 16.5. The van der Waals surface area contributed by atoms with Gasteiger partial charge in [-0.2, -0.15) is 9.61 Å². The molecule has 6 nitrogen and oxygen atoms in total. The zero-order chi connectivity index (χ0) is 19.3. The maximum atomic E-state index is 9.49. The number of aromatic nitrogens is 3. The molecule has 0 fully saturated rings. The van der Waals surface area contributed by atoms with E-state index in [2.05, 4.69) is 15.4 Å². The Morgan fingerprint density at radius 2 is 1.82 bits per heavy atom. The van der Waals surface area contributed by atoms with Gasteiger partial charge in [-0.15, -0.1) is 0 Å². The van der Waals surface area contributed by atoms with Gasteiger partial charge in [0.15, 0.2) is 5.65 Å². The van der Waals surface area contributed by atoms with Crippen LogP contribution < -0.4 is 10.1 Å². The van der Waals surface area contributed by atoms with E-state index in [1.165, 1.54) is 0 Å². The number of hydrogen-bond donors (Lipinski definition) is 2. The normalized spacial score (nSPS) is 12.1. The second-order valence-electron chi connectivity index (χ2n) is 6.47. The lowest BCUT2D eigenvalue weighted by Gasteiger charge is -2.16. The van der Waals surface area contributed by atoms with Gasteiger partial charge in [-0.1, -0.05) is 43.3 Å². The van der Waals surface area contributed by atoms with E-state index in [4.69, 9.17) is 4.74 Å². The molecule has 2 heterocycles. The number of nitrogens with one attached hydrogen (secondary N) is 1. The Morgan fingerprint density at radius 1 is 1.04 bits per heavy atom. The molecule has 142 valence electrons. The fourth-order valence-electron chi connectivity index (χ4n) is 3.07. The van der Waals surface area contributed by atoms with E-state index in [-0.39, 0.29) is 12.6 Å². The highest BCUT2D eigenvalue weighted by molar-refractivity contribution is 5.82. The Labute approximate surface area is 163 Å². The van der Waals surface area contributed by atoms with Crippen LogP contribution >= 0.6 is 0 Å². The number of nitrogens with zero attached hydrogens (tertiary/aromatic N) is 3. The topological polar surface area (TPSA) is 71.7 Å². The van der Waals surface area contributed by atoms with Crippen LogP contribution in [0.2, 0.25) is 0 Å². The van der Waals surface area contributed by atoms with Crippen LogP contribution in [0.1, 0.15) is 13.3 Å². The summed E-state index contributed by atoms with van der Waals surface area (Å²) in [5.41, 5.74) is 2.52. The summed E-state index contributed by atoms with van der Waals surface area (Å²) in [6.07, 6.45) is 4.34. The predicted octanol–water partition coefficient (Wildman–Crippen LogP) is 4.37. The molecule has 0 radical (unpaired) electrons. The quantitative estimate of drug-likeness (QED) is 0.503. The zero-order valence-electron chi connectivity index (χ0n) is 15.6. The lowest BCUT2D eigenvalue weighted by molar-refractivity contribution is 0.271. The molecule has 0 aliphatic rings. The van der Waals surface area contributed by atoms with E-state index in [1.54, 1.807) is 16.9 Å². The molecule has 0 saturated heterocycles. The van der Waals surface area contributed by atoms with Crippen LogP contribution in [0.25, 0.3) is 16.8 Å². The van der Waals surface area contributed by atoms with Crippen molar-refractivity contribution in [2.75, 3.05) is 11.9 Å². The number of hydrogen-bond acceptors (Lipinski definition) is 5. The average molecular weight is 374 g/mol. The van der Waals surface area contributed by atoms with Gasteiger partial charge < -0.3 is 15.2 Å². The van der Waals surface area contributed by atoms with Gasteiger partial charge in [0.2, 0.25) is 0 Å². The fourth-order valence-corrected chi connectivity index (χ4v) is 3.07. The lowest BCUT2D eigenvalue weighted by atomic mass is 10.1. The van der Waals surface area contributed by atoms with Crippen molar-refractivity contribution in [2.45, 2.75) is 19.4 Å². The second kappa shape index (κ2) is 8.10. The van der Waals surface area contributed by atoms with Gasteiger partial charge in [-0.05, 0) is 30.7 Å². The van der Waals surface area contributed by atoms with Gasteiger partial charge in [0, 0.05) is 11.8 Å². The van der Waals surface area contributed by atoms with Crippen LogP contribution in [0.5, 0.6) is 11.5 Å². The van der Waals surface area contributed by atoms with Gasteiger partial charge in [0.05, 0.1) is 24.4 Å². The first-order valence-corrected chi connectivity index (χ1v) is 9.32. The summed E-state index contributed by atoms with van der Waals surface area (Å²) in [5, 5.41) is 17.3. The van der Waals surface area contributed by atoms with E-state index in [9.17, 15) is 5.11 Å². The van der Waals surface area contributed by atoms with Gasteiger partial charge >= 0.3 is 0 Å². The molecule has 28 heavy (non-hydrogen) atoms. The summed E-state index contributed by atoms with van der Waals surface area (Å²) in [7, 11) is 0. The van der Waals surface area contributed by atoms with Crippen molar-refractivity contribution in [1.29, 1.82) is 0 Å². The SMILES string of the molecule is CCC(CO)Nc1ccnc2c(-c3ccccc3Oc3ccccc3)cnn12. The van der Waals surface area contributed by atoms with E-state index >= 15 is 0 Å². The smallest absolute Gasteiger partial charge is 0.165 e. The number of fused-ring (bicyclic) bond motifs is 1. The van der Waals surface area contributed by atoms with Crippen LogP contribution in [0.3, 0.4) is 0 Å². The van der Waals surface area contributed by atoms with Crippen molar-refractivity contribution in [2.24, 2.45) is 0 Å². The van der Waals surface area contributed by atoms with E-state index in [0.29, 0.717) is 0 Å². The molecule has 0 saturated carbocycles. The Hall–Kier alpha value is -3.38. The van der Waals surface area contributed by atoms with E-state index in [1.807, 2.05) is 67.6 Å². The number of anilines is 1. The van der Waals surface area contributed by atoms with Gasteiger partial charge in [0.1, 0.15) is 17.3 Å². The van der Waals surface area contributed by atoms with Gasteiger partial charge in [-0.25, -0.2) is 4.98 Å². The van der Waals surface area contributed by atoms with Crippen molar-refractivity contribution in [3.8, 4) is 22.6 Å². The molecule has 4 rings (SSSR count). The summed E-state index contributed by atoms with van der Waals surface area (Å²) in [6.45, 7) is 2.08. The van der Waals surface area contributed by atoms with Crippen LogP contribution in [0, 0.1) is 0 Å². The molecule has 0 bridgehead atoms. The molecule has 0 aliphatic carbocycles. The number of rotatable bonds is 7. The molecule has 4 aromatic rings.